The zero-order valence-electron chi connectivity index (χ0n) is 10.8. The predicted molar refractivity (Wildman–Crippen MR) is 68.8 cm³/mol. The van der Waals surface area contributed by atoms with Crippen LogP contribution in [-0.2, 0) is 12.7 Å². The van der Waals surface area contributed by atoms with E-state index in [2.05, 4.69) is 10.1 Å². The Hall–Kier alpha value is -1.70. The molecule has 0 atom stereocenters. The molecule has 0 aromatic carbocycles. The van der Waals surface area contributed by atoms with Crippen LogP contribution < -0.4 is 5.56 Å². The number of hydrogen-bond donors (Lipinski definition) is 0. The zero-order valence-corrected chi connectivity index (χ0v) is 11.6. The summed E-state index contributed by atoms with van der Waals surface area (Å²) in [5.41, 5.74) is -1.14. The highest BCUT2D eigenvalue weighted by molar-refractivity contribution is 7.09. The Morgan fingerprint density at radius 2 is 2.05 bits per heavy atom. The molecule has 0 aliphatic carbocycles. The first-order valence-electron chi connectivity index (χ1n) is 5.87. The van der Waals surface area contributed by atoms with Crippen LogP contribution in [0.5, 0.6) is 0 Å². The monoisotopic (exact) mass is 303 g/mol. The molecule has 0 aliphatic rings. The zero-order chi connectivity index (χ0) is 14.9. The van der Waals surface area contributed by atoms with Crippen LogP contribution in [0.2, 0.25) is 0 Å². The highest BCUT2D eigenvalue weighted by Gasteiger charge is 2.33. The maximum Gasteiger partial charge on any atom is 0.435 e. The van der Waals surface area contributed by atoms with Gasteiger partial charge in [0.2, 0.25) is 0 Å². The summed E-state index contributed by atoms with van der Waals surface area (Å²) in [6, 6.07) is 1.55. The van der Waals surface area contributed by atoms with Crippen LogP contribution in [-0.4, -0.2) is 14.8 Å². The fourth-order valence-electron chi connectivity index (χ4n) is 1.53. The van der Waals surface area contributed by atoms with Crippen molar-refractivity contribution in [3.8, 4) is 0 Å². The second-order valence-corrected chi connectivity index (χ2v) is 5.43. The van der Waals surface area contributed by atoms with Gasteiger partial charge in [-0.1, -0.05) is 13.8 Å². The first-order chi connectivity index (χ1) is 9.27. The van der Waals surface area contributed by atoms with Gasteiger partial charge < -0.3 is 0 Å². The minimum absolute atomic E-state index is 0.0635. The maximum absolute atomic E-state index is 12.6. The summed E-state index contributed by atoms with van der Waals surface area (Å²) in [5, 5.41) is 5.94. The lowest BCUT2D eigenvalue weighted by molar-refractivity contribution is -0.142. The predicted octanol–water partition coefficient (Wildman–Crippen LogP) is 2.89. The van der Waals surface area contributed by atoms with Crippen LogP contribution in [0.3, 0.4) is 0 Å². The SMILES string of the molecule is CC(C)c1nc(Cn2nc(C(F)(F)F)ccc2=O)cs1. The average Bonchev–Trinajstić information content (AvgIpc) is 2.79. The summed E-state index contributed by atoms with van der Waals surface area (Å²) < 4.78 is 38.5. The van der Waals surface area contributed by atoms with E-state index in [1.54, 1.807) is 5.38 Å². The van der Waals surface area contributed by atoms with E-state index in [9.17, 15) is 18.0 Å². The van der Waals surface area contributed by atoms with Gasteiger partial charge in [0.15, 0.2) is 5.69 Å². The molecule has 2 aromatic rings. The lowest BCUT2D eigenvalue weighted by Crippen LogP contribution is -2.26. The number of thiazole rings is 1. The van der Waals surface area contributed by atoms with Crippen molar-refractivity contribution in [2.75, 3.05) is 0 Å². The van der Waals surface area contributed by atoms with Crippen LogP contribution in [0.4, 0.5) is 13.2 Å². The third-order valence-electron chi connectivity index (χ3n) is 2.53. The summed E-state index contributed by atoms with van der Waals surface area (Å²) in [6.45, 7) is 3.88. The molecule has 4 nitrogen and oxygen atoms in total. The normalized spacial score (nSPS) is 12.1. The maximum atomic E-state index is 12.6. The second-order valence-electron chi connectivity index (χ2n) is 4.54. The van der Waals surface area contributed by atoms with E-state index in [1.165, 1.54) is 11.3 Å². The molecule has 0 spiro atoms. The van der Waals surface area contributed by atoms with Crippen molar-refractivity contribution in [2.45, 2.75) is 32.5 Å². The topological polar surface area (TPSA) is 47.8 Å². The molecule has 8 heteroatoms. The van der Waals surface area contributed by atoms with Gasteiger partial charge >= 0.3 is 6.18 Å². The number of rotatable bonds is 3. The molecule has 20 heavy (non-hydrogen) atoms. The molecule has 108 valence electrons. The number of alkyl halides is 3. The van der Waals surface area contributed by atoms with E-state index in [1.807, 2.05) is 13.8 Å². The van der Waals surface area contributed by atoms with Gasteiger partial charge in [-0.3, -0.25) is 4.79 Å². The summed E-state index contributed by atoms with van der Waals surface area (Å²) in [4.78, 5) is 15.8. The number of hydrogen-bond acceptors (Lipinski definition) is 4. The highest BCUT2D eigenvalue weighted by atomic mass is 32.1. The molecule has 0 amide bonds. The number of halogens is 3. The van der Waals surface area contributed by atoms with Crippen LogP contribution in [0.1, 0.15) is 36.2 Å². The fraction of sp³-hybridized carbons (Fsp3) is 0.417. The molecule has 2 rings (SSSR count). The molecular weight excluding hydrogens is 291 g/mol. The van der Waals surface area contributed by atoms with Crippen molar-refractivity contribution in [3.05, 3.63) is 44.3 Å². The lowest BCUT2D eigenvalue weighted by Gasteiger charge is -2.08. The standard InChI is InChI=1S/C12H12F3N3OS/c1-7(2)11-16-8(6-20-11)5-18-10(19)4-3-9(17-18)12(13,14)15/h3-4,6-7H,5H2,1-2H3. The average molecular weight is 303 g/mol. The fourth-order valence-corrected chi connectivity index (χ4v) is 2.35. The van der Waals surface area contributed by atoms with E-state index < -0.39 is 17.4 Å². The Morgan fingerprint density at radius 3 is 2.60 bits per heavy atom. The molecule has 0 unspecified atom stereocenters. The van der Waals surface area contributed by atoms with E-state index in [0.717, 1.165) is 15.8 Å². The van der Waals surface area contributed by atoms with Crippen LogP contribution in [0, 0.1) is 0 Å². The molecule has 0 bridgehead atoms. The van der Waals surface area contributed by atoms with Crippen molar-refractivity contribution < 1.29 is 13.2 Å². The van der Waals surface area contributed by atoms with Gasteiger partial charge in [0.25, 0.3) is 5.56 Å². The largest absolute Gasteiger partial charge is 0.435 e. The first kappa shape index (κ1) is 14.7. The van der Waals surface area contributed by atoms with Gasteiger partial charge in [-0.25, -0.2) is 9.67 Å². The molecule has 0 radical (unpaired) electrons. The minimum atomic E-state index is -4.57. The third kappa shape index (κ3) is 3.24. The van der Waals surface area contributed by atoms with Gasteiger partial charge in [0.1, 0.15) is 0 Å². The lowest BCUT2D eigenvalue weighted by atomic mass is 10.2. The van der Waals surface area contributed by atoms with E-state index in [0.29, 0.717) is 11.8 Å². The van der Waals surface area contributed by atoms with Gasteiger partial charge in [0.05, 0.1) is 17.2 Å². The van der Waals surface area contributed by atoms with E-state index >= 15 is 0 Å². The van der Waals surface area contributed by atoms with Crippen LogP contribution in [0.15, 0.2) is 22.3 Å². The smallest absolute Gasteiger partial charge is 0.268 e. The van der Waals surface area contributed by atoms with Crippen molar-refractivity contribution >= 4 is 11.3 Å². The van der Waals surface area contributed by atoms with Crippen LogP contribution in [0.25, 0.3) is 0 Å². The van der Waals surface area contributed by atoms with Crippen molar-refractivity contribution in [1.29, 1.82) is 0 Å². The first-order valence-corrected chi connectivity index (χ1v) is 6.75. The molecule has 2 aromatic heterocycles. The Labute approximate surface area is 116 Å². The van der Waals surface area contributed by atoms with Gasteiger partial charge in [-0.2, -0.15) is 18.3 Å². The molecule has 0 N–H and O–H groups in total. The Morgan fingerprint density at radius 1 is 1.35 bits per heavy atom. The molecular formula is C12H12F3N3OS. The summed E-state index contributed by atoms with van der Waals surface area (Å²) in [7, 11) is 0. The van der Waals surface area contributed by atoms with Gasteiger partial charge in [-0.05, 0) is 6.07 Å². The minimum Gasteiger partial charge on any atom is -0.268 e. The summed E-state index contributed by atoms with van der Waals surface area (Å²) in [6.07, 6.45) is -4.57. The molecule has 2 heterocycles. The number of aromatic nitrogens is 3. The van der Waals surface area contributed by atoms with Gasteiger partial charge in [0, 0.05) is 17.4 Å². The molecule has 0 fully saturated rings. The van der Waals surface area contributed by atoms with E-state index in [4.69, 9.17) is 0 Å². The Bertz CT molecular complexity index is 660. The summed E-state index contributed by atoms with van der Waals surface area (Å²) >= 11 is 1.42. The summed E-state index contributed by atoms with van der Waals surface area (Å²) in [5.74, 6) is 0.236. The third-order valence-corrected chi connectivity index (χ3v) is 3.73. The van der Waals surface area contributed by atoms with Gasteiger partial charge in [-0.15, -0.1) is 11.3 Å². The molecule has 0 saturated carbocycles. The van der Waals surface area contributed by atoms with Crippen LogP contribution >= 0.6 is 11.3 Å². The highest BCUT2D eigenvalue weighted by Crippen LogP contribution is 2.26. The molecule has 0 saturated heterocycles. The Kier molecular flexibility index (Phi) is 3.94. The number of nitrogens with zero attached hydrogens (tertiary/aromatic N) is 3. The van der Waals surface area contributed by atoms with Crippen molar-refractivity contribution in [2.24, 2.45) is 0 Å². The Balaban J connectivity index is 2.30. The second kappa shape index (κ2) is 5.35. The quantitative estimate of drug-likeness (QED) is 0.876. The molecule has 0 aliphatic heterocycles. The van der Waals surface area contributed by atoms with E-state index in [-0.39, 0.29) is 12.5 Å². The van der Waals surface area contributed by atoms with Crippen molar-refractivity contribution in [1.82, 2.24) is 14.8 Å². The van der Waals surface area contributed by atoms with Crippen molar-refractivity contribution in [3.63, 3.8) is 0 Å².